The predicted molar refractivity (Wildman–Crippen MR) is 91.3 cm³/mol. The Morgan fingerprint density at radius 1 is 0.889 bits per heavy atom. The molecule has 0 aliphatic carbocycles. The van der Waals surface area contributed by atoms with Crippen LogP contribution in [-0.2, 0) is 24.0 Å². The molecule has 0 radical (unpaired) electrons. The van der Waals surface area contributed by atoms with Crippen LogP contribution in [0.3, 0.4) is 0 Å². The predicted octanol–water partition coefficient (Wildman–Crippen LogP) is -3.00. The van der Waals surface area contributed by atoms with Crippen molar-refractivity contribution in [1.29, 1.82) is 0 Å². The van der Waals surface area contributed by atoms with Crippen LogP contribution < -0.4 is 21.7 Å². The number of rotatable bonds is 11. The van der Waals surface area contributed by atoms with Gasteiger partial charge in [0.1, 0.15) is 24.2 Å². The van der Waals surface area contributed by atoms with Crippen LogP contribution in [0.2, 0.25) is 0 Å². The second-order valence-corrected chi connectivity index (χ2v) is 6.25. The van der Waals surface area contributed by atoms with Gasteiger partial charge in [-0.3, -0.25) is 24.0 Å². The van der Waals surface area contributed by atoms with Crippen LogP contribution in [-0.4, -0.2) is 75.8 Å². The molecule has 0 spiro atoms. The molecule has 0 aliphatic heterocycles. The Balaban J connectivity index is 5.26. The van der Waals surface area contributed by atoms with E-state index in [0.29, 0.717) is 0 Å². The lowest BCUT2D eigenvalue weighted by Gasteiger charge is -2.26. The summed E-state index contributed by atoms with van der Waals surface area (Å²) < 4.78 is 0. The van der Waals surface area contributed by atoms with E-state index in [1.165, 1.54) is 6.92 Å². The van der Waals surface area contributed by atoms with Crippen molar-refractivity contribution in [2.75, 3.05) is 6.61 Å². The fraction of sp³-hybridized carbons (Fsp3) is 0.667. The van der Waals surface area contributed by atoms with E-state index in [1.54, 1.807) is 13.8 Å². The zero-order valence-corrected chi connectivity index (χ0v) is 15.3. The largest absolute Gasteiger partial charge is 0.481 e. The number of nitrogens with two attached hydrogens (primary N) is 1. The van der Waals surface area contributed by atoms with Crippen LogP contribution in [0.15, 0.2) is 0 Å². The van der Waals surface area contributed by atoms with E-state index >= 15 is 0 Å². The smallest absolute Gasteiger partial charge is 0.325 e. The van der Waals surface area contributed by atoms with Gasteiger partial charge in [-0.2, -0.15) is 0 Å². The summed E-state index contributed by atoms with van der Waals surface area (Å²) in [5.74, 6) is -5.81. The Morgan fingerprint density at radius 3 is 1.85 bits per heavy atom. The average molecular weight is 390 g/mol. The molecule has 0 aromatic carbocycles. The number of carbonyl (C=O) groups excluding carboxylic acids is 3. The molecule has 0 aliphatic rings. The second kappa shape index (κ2) is 11.1. The first-order chi connectivity index (χ1) is 12.4. The molecule has 0 saturated heterocycles. The van der Waals surface area contributed by atoms with E-state index in [2.05, 4.69) is 16.0 Å². The highest BCUT2D eigenvalue weighted by Gasteiger charge is 2.31. The van der Waals surface area contributed by atoms with Crippen LogP contribution in [0.4, 0.5) is 0 Å². The van der Waals surface area contributed by atoms with Gasteiger partial charge in [-0.15, -0.1) is 0 Å². The molecule has 0 rings (SSSR count). The topological polar surface area (TPSA) is 208 Å². The van der Waals surface area contributed by atoms with Crippen LogP contribution >= 0.6 is 0 Å². The molecule has 3 amide bonds. The maximum atomic E-state index is 12.4. The molecule has 0 heterocycles. The molecule has 4 unspecified atom stereocenters. The van der Waals surface area contributed by atoms with Gasteiger partial charge in [-0.1, -0.05) is 13.8 Å². The van der Waals surface area contributed by atoms with Crippen molar-refractivity contribution in [3.05, 3.63) is 0 Å². The van der Waals surface area contributed by atoms with E-state index in [-0.39, 0.29) is 0 Å². The quantitative estimate of drug-likeness (QED) is 0.191. The first-order valence-electron chi connectivity index (χ1n) is 8.12. The number of aliphatic hydroxyl groups is 1. The molecule has 0 bridgehead atoms. The summed E-state index contributed by atoms with van der Waals surface area (Å²) >= 11 is 0. The highest BCUT2D eigenvalue weighted by molar-refractivity contribution is 5.95. The normalized spacial score (nSPS) is 15.2. The number of hydrogen-bond donors (Lipinski definition) is 7. The maximum Gasteiger partial charge on any atom is 0.325 e. The summed E-state index contributed by atoms with van der Waals surface area (Å²) in [5, 5.41) is 33.2. The van der Waals surface area contributed by atoms with Crippen molar-refractivity contribution >= 4 is 29.7 Å². The van der Waals surface area contributed by atoms with Crippen molar-refractivity contribution in [2.24, 2.45) is 11.7 Å². The summed E-state index contributed by atoms with van der Waals surface area (Å²) in [4.78, 5) is 58.1. The van der Waals surface area contributed by atoms with E-state index in [4.69, 9.17) is 21.1 Å². The lowest BCUT2D eigenvalue weighted by Crippen LogP contribution is -2.58. The summed E-state index contributed by atoms with van der Waals surface area (Å²) in [7, 11) is 0. The third-order valence-corrected chi connectivity index (χ3v) is 3.52. The third-order valence-electron chi connectivity index (χ3n) is 3.52. The molecule has 12 nitrogen and oxygen atoms in total. The summed E-state index contributed by atoms with van der Waals surface area (Å²) in [5.41, 5.74) is 5.32. The van der Waals surface area contributed by atoms with Crippen LogP contribution in [0.25, 0.3) is 0 Å². The van der Waals surface area contributed by atoms with E-state index in [0.717, 1.165) is 0 Å². The van der Waals surface area contributed by atoms with Crippen molar-refractivity contribution in [3.8, 4) is 0 Å². The van der Waals surface area contributed by atoms with Crippen LogP contribution in [0.1, 0.15) is 27.2 Å². The molecule has 0 fully saturated rings. The maximum absolute atomic E-state index is 12.4. The molecule has 0 aromatic rings. The fourth-order valence-corrected chi connectivity index (χ4v) is 1.90. The minimum Gasteiger partial charge on any atom is -0.481 e. The van der Waals surface area contributed by atoms with Crippen molar-refractivity contribution < 1.29 is 39.3 Å². The van der Waals surface area contributed by atoms with Crippen LogP contribution in [0, 0.1) is 5.92 Å². The molecular formula is C15H26N4O8. The Morgan fingerprint density at radius 2 is 1.44 bits per heavy atom. The fourth-order valence-electron chi connectivity index (χ4n) is 1.90. The Bertz CT molecular complexity index is 580. The number of hydrogen-bond acceptors (Lipinski definition) is 7. The number of amides is 3. The van der Waals surface area contributed by atoms with Gasteiger partial charge in [-0.05, 0) is 12.8 Å². The minimum absolute atomic E-state index is 0.462. The standard InChI is InChI=1S/C15H26N4O8/c1-6(2)11(14(25)17-7(3)15(26)27)19-13(24)9(4-10(21)22)18-12(23)8(16)5-20/h6-9,11,20H,4-5,16H2,1-3H3,(H,17,25)(H,18,23)(H,19,24)(H,21,22)(H,26,27). The molecule has 8 N–H and O–H groups in total. The van der Waals surface area contributed by atoms with Gasteiger partial charge in [0, 0.05) is 0 Å². The summed E-state index contributed by atoms with van der Waals surface area (Å²) in [6, 6.07) is -5.26. The summed E-state index contributed by atoms with van der Waals surface area (Å²) in [6.07, 6.45) is -0.784. The number of carbonyl (C=O) groups is 5. The van der Waals surface area contributed by atoms with Crippen molar-refractivity contribution in [3.63, 3.8) is 0 Å². The highest BCUT2D eigenvalue weighted by Crippen LogP contribution is 2.05. The Kier molecular flexibility index (Phi) is 9.96. The number of carboxylic acids is 2. The van der Waals surface area contributed by atoms with Gasteiger partial charge >= 0.3 is 11.9 Å². The molecule has 154 valence electrons. The van der Waals surface area contributed by atoms with Crippen LogP contribution in [0.5, 0.6) is 0 Å². The lowest BCUT2D eigenvalue weighted by molar-refractivity contribution is -0.143. The summed E-state index contributed by atoms with van der Waals surface area (Å²) in [6.45, 7) is 3.70. The highest BCUT2D eigenvalue weighted by atomic mass is 16.4. The minimum atomic E-state index is -1.54. The monoisotopic (exact) mass is 390 g/mol. The Labute approximate surface area is 155 Å². The lowest BCUT2D eigenvalue weighted by atomic mass is 10.0. The van der Waals surface area contributed by atoms with E-state index in [9.17, 15) is 24.0 Å². The molecule has 4 atom stereocenters. The third kappa shape index (κ3) is 8.46. The zero-order valence-electron chi connectivity index (χ0n) is 15.3. The van der Waals surface area contributed by atoms with Gasteiger partial charge in [0.25, 0.3) is 0 Å². The van der Waals surface area contributed by atoms with E-state index < -0.39 is 72.8 Å². The molecule has 0 aromatic heterocycles. The van der Waals surface area contributed by atoms with Gasteiger partial charge in [-0.25, -0.2) is 0 Å². The van der Waals surface area contributed by atoms with Crippen molar-refractivity contribution in [2.45, 2.75) is 51.4 Å². The van der Waals surface area contributed by atoms with Gasteiger partial charge in [0.15, 0.2) is 0 Å². The average Bonchev–Trinajstić information content (AvgIpc) is 2.56. The number of aliphatic hydroxyl groups excluding tert-OH is 1. The molecule has 12 heteroatoms. The zero-order chi connectivity index (χ0) is 21.3. The molecule has 0 saturated carbocycles. The van der Waals surface area contributed by atoms with Gasteiger partial charge < -0.3 is 37.0 Å². The number of aliphatic carboxylic acids is 2. The van der Waals surface area contributed by atoms with E-state index in [1.807, 2.05) is 0 Å². The molecular weight excluding hydrogens is 364 g/mol. The second-order valence-electron chi connectivity index (χ2n) is 6.25. The Hall–Kier alpha value is -2.73. The SMILES string of the molecule is CC(NC(=O)C(NC(=O)C(CC(=O)O)NC(=O)C(N)CO)C(C)C)C(=O)O. The van der Waals surface area contributed by atoms with Gasteiger partial charge in [0.2, 0.25) is 17.7 Å². The number of carboxylic acid groups (broad SMARTS) is 2. The van der Waals surface area contributed by atoms with Gasteiger partial charge in [0.05, 0.1) is 13.0 Å². The van der Waals surface area contributed by atoms with Crippen molar-refractivity contribution in [1.82, 2.24) is 16.0 Å². The number of nitrogens with one attached hydrogen (secondary N) is 3. The molecule has 27 heavy (non-hydrogen) atoms. The first kappa shape index (κ1) is 24.3. The first-order valence-corrected chi connectivity index (χ1v) is 8.12.